The van der Waals surface area contributed by atoms with Gasteiger partial charge in [-0.2, -0.15) is 4.98 Å². The van der Waals surface area contributed by atoms with Crippen molar-refractivity contribution in [1.29, 1.82) is 0 Å². The van der Waals surface area contributed by atoms with Crippen LogP contribution < -0.4 is 11.1 Å². The lowest BCUT2D eigenvalue weighted by Gasteiger charge is -2.36. The maximum absolute atomic E-state index is 12.8. The van der Waals surface area contributed by atoms with Gasteiger partial charge in [0.15, 0.2) is 11.3 Å². The van der Waals surface area contributed by atoms with Gasteiger partial charge in [-0.1, -0.05) is 6.07 Å². The molecule has 1 unspecified atom stereocenters. The van der Waals surface area contributed by atoms with E-state index in [0.29, 0.717) is 35.1 Å². The van der Waals surface area contributed by atoms with Gasteiger partial charge < -0.3 is 16.0 Å². The summed E-state index contributed by atoms with van der Waals surface area (Å²) in [6.45, 7) is 4.96. The van der Waals surface area contributed by atoms with Gasteiger partial charge in [0.05, 0.1) is 16.7 Å². The van der Waals surface area contributed by atoms with Crippen LogP contribution in [-0.4, -0.2) is 49.9 Å². The van der Waals surface area contributed by atoms with E-state index in [2.05, 4.69) is 25.3 Å². The molecule has 0 radical (unpaired) electrons. The Bertz CT molecular complexity index is 966. The first-order valence-corrected chi connectivity index (χ1v) is 9.20. The van der Waals surface area contributed by atoms with Crippen molar-refractivity contribution in [2.75, 3.05) is 18.4 Å². The smallest absolute Gasteiger partial charge is 0.274 e. The number of hydrogen-bond acceptors (Lipinski definition) is 8. The van der Waals surface area contributed by atoms with Crippen LogP contribution in [0, 0.1) is 6.92 Å². The Kier molecular flexibility index (Phi) is 8.98. The Hall–Kier alpha value is -1.78. The zero-order chi connectivity index (χ0) is 18.3. The van der Waals surface area contributed by atoms with Crippen LogP contribution in [0.25, 0.3) is 10.3 Å². The summed E-state index contributed by atoms with van der Waals surface area (Å²) in [6, 6.07) is 5.66. The molecular formula is C17H22Cl3N7OS. The van der Waals surface area contributed by atoms with Crippen LogP contribution in [0.1, 0.15) is 34.2 Å². The zero-order valence-electron chi connectivity index (χ0n) is 15.7. The highest BCUT2D eigenvalue weighted by Gasteiger charge is 2.31. The second-order valence-corrected chi connectivity index (χ2v) is 7.58. The minimum Gasteiger partial charge on any atom is -0.346 e. The Morgan fingerprint density at radius 3 is 2.59 bits per heavy atom. The first-order chi connectivity index (χ1) is 12.5. The van der Waals surface area contributed by atoms with E-state index >= 15 is 0 Å². The molecular weight excluding hydrogens is 457 g/mol. The number of rotatable bonds is 4. The molecule has 1 atom stereocenters. The van der Waals surface area contributed by atoms with Gasteiger partial charge in [0, 0.05) is 25.3 Å². The number of amides is 1. The number of carbonyl (C=O) groups is 1. The average molecular weight is 479 g/mol. The molecule has 0 spiro atoms. The molecule has 158 valence electrons. The molecule has 0 bridgehead atoms. The fourth-order valence-electron chi connectivity index (χ4n) is 2.87. The van der Waals surface area contributed by atoms with E-state index < -0.39 is 0 Å². The second-order valence-electron chi connectivity index (χ2n) is 6.37. The number of aromatic nitrogens is 4. The summed E-state index contributed by atoms with van der Waals surface area (Å²) in [5.41, 5.74) is 7.59. The van der Waals surface area contributed by atoms with E-state index in [4.69, 9.17) is 5.73 Å². The number of pyridine rings is 1. The quantitative estimate of drug-likeness (QED) is 0.593. The maximum atomic E-state index is 12.8. The lowest BCUT2D eigenvalue weighted by atomic mass is 10.1. The number of fused-ring (bicyclic) bond motifs is 1. The number of nitrogens with one attached hydrogen (secondary N) is 1. The third-order valence-corrected chi connectivity index (χ3v) is 5.20. The van der Waals surface area contributed by atoms with Gasteiger partial charge in [-0.15, -0.1) is 48.6 Å². The molecule has 4 rings (SSSR count). The SMILES string of the molecule is Cc1nc2nc(NC(C)c3ccccn3)nc(C(=O)N3CC(N)C3)c2s1.Cl.Cl.Cl. The Morgan fingerprint density at radius 2 is 1.97 bits per heavy atom. The van der Waals surface area contributed by atoms with Crippen LogP contribution in [-0.2, 0) is 0 Å². The molecule has 0 aliphatic carbocycles. The molecule has 3 N–H and O–H groups in total. The molecule has 1 amide bonds. The molecule has 4 heterocycles. The van der Waals surface area contributed by atoms with Crippen molar-refractivity contribution >= 4 is 70.8 Å². The molecule has 0 aromatic carbocycles. The van der Waals surface area contributed by atoms with E-state index in [1.54, 1.807) is 11.1 Å². The highest BCUT2D eigenvalue weighted by molar-refractivity contribution is 7.18. The van der Waals surface area contributed by atoms with Crippen molar-refractivity contribution < 1.29 is 4.79 Å². The largest absolute Gasteiger partial charge is 0.346 e. The number of likely N-dealkylation sites (tertiary alicyclic amines) is 1. The zero-order valence-corrected chi connectivity index (χ0v) is 19.0. The van der Waals surface area contributed by atoms with Crippen LogP contribution >= 0.6 is 48.6 Å². The van der Waals surface area contributed by atoms with Crippen LogP contribution in [0.15, 0.2) is 24.4 Å². The summed E-state index contributed by atoms with van der Waals surface area (Å²) < 4.78 is 0.712. The van der Waals surface area contributed by atoms with E-state index in [0.717, 1.165) is 10.7 Å². The van der Waals surface area contributed by atoms with Crippen LogP contribution in [0.4, 0.5) is 5.95 Å². The van der Waals surface area contributed by atoms with Gasteiger partial charge in [0.25, 0.3) is 5.91 Å². The predicted octanol–water partition coefficient (Wildman–Crippen LogP) is 3.01. The van der Waals surface area contributed by atoms with Crippen molar-refractivity contribution in [2.24, 2.45) is 5.73 Å². The number of aryl methyl sites for hydroxylation is 1. The molecule has 3 aromatic heterocycles. The molecule has 1 aliphatic heterocycles. The molecule has 3 aromatic rings. The number of halogens is 3. The number of carbonyl (C=O) groups excluding carboxylic acids is 1. The van der Waals surface area contributed by atoms with Gasteiger partial charge in [-0.25, -0.2) is 9.97 Å². The lowest BCUT2D eigenvalue weighted by Crippen LogP contribution is -2.58. The number of hydrogen-bond donors (Lipinski definition) is 2. The number of anilines is 1. The van der Waals surface area contributed by atoms with Gasteiger partial charge in [0.1, 0.15) is 4.70 Å². The van der Waals surface area contributed by atoms with Gasteiger partial charge in [-0.3, -0.25) is 9.78 Å². The third kappa shape index (κ3) is 5.23. The normalized spacial score (nSPS) is 14.1. The molecule has 8 nitrogen and oxygen atoms in total. The predicted molar refractivity (Wildman–Crippen MR) is 122 cm³/mol. The first kappa shape index (κ1) is 25.3. The molecule has 29 heavy (non-hydrogen) atoms. The first-order valence-electron chi connectivity index (χ1n) is 8.39. The van der Waals surface area contributed by atoms with Crippen molar-refractivity contribution in [3.8, 4) is 0 Å². The highest BCUT2D eigenvalue weighted by Crippen LogP contribution is 2.27. The lowest BCUT2D eigenvalue weighted by molar-refractivity contribution is 0.0604. The van der Waals surface area contributed by atoms with Crippen molar-refractivity contribution in [3.05, 3.63) is 40.8 Å². The Balaban J connectivity index is 0.00000140. The van der Waals surface area contributed by atoms with Crippen LogP contribution in [0.2, 0.25) is 0 Å². The summed E-state index contributed by atoms with van der Waals surface area (Å²) in [7, 11) is 0. The molecule has 1 aliphatic rings. The van der Waals surface area contributed by atoms with Crippen molar-refractivity contribution in [2.45, 2.75) is 25.9 Å². The van der Waals surface area contributed by atoms with Crippen molar-refractivity contribution in [1.82, 2.24) is 24.8 Å². The van der Waals surface area contributed by atoms with E-state index in [1.165, 1.54) is 11.3 Å². The minimum atomic E-state index is -0.128. The third-order valence-electron chi connectivity index (χ3n) is 4.24. The van der Waals surface area contributed by atoms with Gasteiger partial charge >= 0.3 is 0 Å². The second kappa shape index (κ2) is 10.3. The van der Waals surface area contributed by atoms with Crippen LogP contribution in [0.3, 0.4) is 0 Å². The van der Waals surface area contributed by atoms with Crippen molar-refractivity contribution in [3.63, 3.8) is 0 Å². The summed E-state index contributed by atoms with van der Waals surface area (Å²) in [6.07, 6.45) is 1.74. The van der Waals surface area contributed by atoms with Crippen LogP contribution in [0.5, 0.6) is 0 Å². The minimum absolute atomic E-state index is 0. The van der Waals surface area contributed by atoms with Gasteiger partial charge in [0.2, 0.25) is 5.95 Å². The van der Waals surface area contributed by atoms with E-state index in [9.17, 15) is 4.79 Å². The summed E-state index contributed by atoms with van der Waals surface area (Å²) in [5, 5.41) is 4.07. The standard InChI is InChI=1S/C17H19N7OS.3ClH/c1-9(12-5-3-4-6-19-12)20-17-22-13(16(25)24-7-11(18)8-24)14-15(23-17)21-10(2)26-14;;;/h3-6,9,11H,7-8,18H2,1-2H3,(H,20,22,23);3*1H. The van der Waals surface area contributed by atoms with Gasteiger partial charge in [-0.05, 0) is 26.0 Å². The number of thiazole rings is 1. The average Bonchev–Trinajstić information content (AvgIpc) is 2.98. The summed E-state index contributed by atoms with van der Waals surface area (Å²) in [5.74, 6) is 0.241. The number of nitrogens with zero attached hydrogens (tertiary/aromatic N) is 5. The topological polar surface area (TPSA) is 110 Å². The fraction of sp³-hybridized carbons (Fsp3) is 0.353. The summed E-state index contributed by atoms with van der Waals surface area (Å²) >= 11 is 1.43. The summed E-state index contributed by atoms with van der Waals surface area (Å²) in [4.78, 5) is 32.3. The molecule has 12 heteroatoms. The van der Waals surface area contributed by atoms with E-state index in [-0.39, 0.29) is 55.2 Å². The number of nitrogens with two attached hydrogens (primary N) is 1. The molecule has 1 saturated heterocycles. The highest BCUT2D eigenvalue weighted by atomic mass is 35.5. The molecule has 0 saturated carbocycles. The Morgan fingerprint density at radius 1 is 1.24 bits per heavy atom. The Labute approximate surface area is 191 Å². The maximum Gasteiger partial charge on any atom is 0.274 e. The van der Waals surface area contributed by atoms with E-state index in [1.807, 2.05) is 32.0 Å². The monoisotopic (exact) mass is 477 g/mol. The molecule has 1 fully saturated rings. The fourth-order valence-corrected chi connectivity index (χ4v) is 3.71.